The molecule has 1 fully saturated rings. The summed E-state index contributed by atoms with van der Waals surface area (Å²) in [5, 5.41) is 2.52. The van der Waals surface area contributed by atoms with E-state index in [1.165, 1.54) is 13.2 Å². The number of ether oxygens (including phenoxy) is 2. The van der Waals surface area contributed by atoms with E-state index < -0.39 is 17.2 Å². The van der Waals surface area contributed by atoms with Crippen LogP contribution in [0, 0.1) is 17.2 Å². The average molecular weight is 321 g/mol. The average Bonchev–Trinajstić information content (AvgIpc) is 3.26. The molecule has 0 aromatic heterocycles. The Morgan fingerprint density at radius 3 is 2.70 bits per heavy atom. The van der Waals surface area contributed by atoms with E-state index in [-0.39, 0.29) is 23.1 Å². The fourth-order valence-electron chi connectivity index (χ4n) is 2.81. The lowest BCUT2D eigenvalue weighted by Gasteiger charge is -2.24. The maximum absolute atomic E-state index is 14.6. The fraction of sp³-hybridized carbons (Fsp3) is 0.529. The zero-order chi connectivity index (χ0) is 16.9. The molecular formula is C17H20FNO4. The number of methoxy groups -OCH3 is 1. The van der Waals surface area contributed by atoms with Crippen molar-refractivity contribution in [3.05, 3.63) is 23.0 Å². The van der Waals surface area contributed by atoms with E-state index in [9.17, 15) is 14.0 Å². The molecule has 0 spiro atoms. The second-order valence-electron chi connectivity index (χ2n) is 7.14. The number of amides is 1. The van der Waals surface area contributed by atoms with Gasteiger partial charge in [0, 0.05) is 16.9 Å². The summed E-state index contributed by atoms with van der Waals surface area (Å²) >= 11 is 0. The van der Waals surface area contributed by atoms with Gasteiger partial charge in [-0.2, -0.15) is 0 Å². The van der Waals surface area contributed by atoms with E-state index in [1.54, 1.807) is 20.8 Å². The van der Waals surface area contributed by atoms with E-state index in [0.717, 1.165) is 6.42 Å². The van der Waals surface area contributed by atoms with Gasteiger partial charge in [0.25, 0.3) is 0 Å². The Balaban J connectivity index is 2.11. The van der Waals surface area contributed by atoms with Crippen LogP contribution in [0.5, 0.6) is 5.75 Å². The van der Waals surface area contributed by atoms with Crippen LogP contribution in [0.4, 0.5) is 10.1 Å². The van der Waals surface area contributed by atoms with Crippen LogP contribution in [0.3, 0.4) is 0 Å². The molecule has 5 nitrogen and oxygen atoms in total. The molecule has 1 amide bonds. The van der Waals surface area contributed by atoms with E-state index in [4.69, 9.17) is 9.47 Å². The molecule has 1 saturated carbocycles. The molecule has 1 N–H and O–H groups in total. The highest BCUT2D eigenvalue weighted by Crippen LogP contribution is 2.55. The van der Waals surface area contributed by atoms with Crippen molar-refractivity contribution in [2.45, 2.75) is 33.1 Å². The summed E-state index contributed by atoms with van der Waals surface area (Å²) in [6.07, 6.45) is 0.931. The first kappa shape index (κ1) is 15.8. The summed E-state index contributed by atoms with van der Waals surface area (Å²) in [6, 6.07) is 1.36. The molecule has 0 saturated heterocycles. The van der Waals surface area contributed by atoms with Crippen LogP contribution < -0.4 is 10.1 Å². The number of esters is 1. The Labute approximate surface area is 134 Å². The van der Waals surface area contributed by atoms with Crippen LogP contribution in [-0.4, -0.2) is 25.6 Å². The minimum atomic E-state index is -0.724. The van der Waals surface area contributed by atoms with Crippen molar-refractivity contribution in [2.75, 3.05) is 19.0 Å². The van der Waals surface area contributed by atoms with Gasteiger partial charge in [0.15, 0.2) is 0 Å². The van der Waals surface area contributed by atoms with Gasteiger partial charge >= 0.3 is 5.97 Å². The highest BCUT2D eigenvalue weighted by molar-refractivity contribution is 6.05. The number of hydrogen-bond acceptors (Lipinski definition) is 4. The zero-order valence-electron chi connectivity index (χ0n) is 13.7. The lowest BCUT2D eigenvalue weighted by atomic mass is 9.94. The van der Waals surface area contributed by atoms with Gasteiger partial charge in [0.05, 0.1) is 19.4 Å². The summed E-state index contributed by atoms with van der Waals surface area (Å²) in [5.41, 5.74) is -0.244. The molecule has 1 heterocycles. The maximum Gasteiger partial charge on any atom is 0.343 e. The minimum absolute atomic E-state index is 0.0366. The molecule has 1 aliphatic heterocycles. The summed E-state index contributed by atoms with van der Waals surface area (Å²) in [7, 11) is 1.22. The van der Waals surface area contributed by atoms with Crippen LogP contribution in [0.15, 0.2) is 6.07 Å². The predicted molar refractivity (Wildman–Crippen MR) is 82.2 cm³/mol. The first-order valence-electron chi connectivity index (χ1n) is 7.63. The van der Waals surface area contributed by atoms with Crippen LogP contribution in [0.25, 0.3) is 0 Å². The van der Waals surface area contributed by atoms with Crippen molar-refractivity contribution in [1.82, 2.24) is 0 Å². The molecular weight excluding hydrogens is 301 g/mol. The third-order valence-electron chi connectivity index (χ3n) is 4.33. The smallest absolute Gasteiger partial charge is 0.343 e. The molecule has 0 bridgehead atoms. The summed E-state index contributed by atoms with van der Waals surface area (Å²) in [6.45, 7) is 5.63. The summed E-state index contributed by atoms with van der Waals surface area (Å²) in [5.74, 6) is -0.795. The van der Waals surface area contributed by atoms with Gasteiger partial charge in [0.1, 0.15) is 17.1 Å². The van der Waals surface area contributed by atoms with Crippen LogP contribution >= 0.6 is 0 Å². The van der Waals surface area contributed by atoms with E-state index in [0.29, 0.717) is 23.8 Å². The second kappa shape index (κ2) is 5.22. The molecule has 6 heteroatoms. The molecule has 2 atom stereocenters. The van der Waals surface area contributed by atoms with Crippen molar-refractivity contribution in [2.24, 2.45) is 11.3 Å². The highest BCUT2D eigenvalue weighted by atomic mass is 19.1. The van der Waals surface area contributed by atoms with E-state index >= 15 is 0 Å². The Morgan fingerprint density at radius 1 is 1.39 bits per heavy atom. The van der Waals surface area contributed by atoms with E-state index in [1.807, 2.05) is 0 Å². The number of benzene rings is 1. The molecule has 1 aromatic rings. The Kier molecular flexibility index (Phi) is 3.58. The molecule has 2 aliphatic rings. The number of anilines is 1. The first-order chi connectivity index (χ1) is 10.7. The number of halogens is 1. The molecule has 1 aliphatic carbocycles. The lowest BCUT2D eigenvalue weighted by Crippen LogP contribution is -2.29. The van der Waals surface area contributed by atoms with E-state index in [2.05, 4.69) is 5.32 Å². The summed E-state index contributed by atoms with van der Waals surface area (Å²) < 4.78 is 25.0. The molecule has 23 heavy (non-hydrogen) atoms. The highest BCUT2D eigenvalue weighted by Gasteiger charge is 2.46. The number of hydrogen-bond donors (Lipinski definition) is 1. The van der Waals surface area contributed by atoms with Crippen molar-refractivity contribution in [3.8, 4) is 5.75 Å². The number of nitrogens with one attached hydrogen (secondary N) is 1. The van der Waals surface area contributed by atoms with Gasteiger partial charge in [-0.05, 0) is 18.4 Å². The Hall–Kier alpha value is -2.11. The zero-order valence-corrected chi connectivity index (χ0v) is 13.7. The standard InChI is InChI=1S/C17H20FNO4/c1-17(2,3)16(21)19-13-11(18)6-10-9-5-8(9)7-23-14(10)12(13)15(20)22-4/h6,8-9H,5,7H2,1-4H3,(H,19,21). The molecule has 0 radical (unpaired) electrons. The third-order valence-corrected chi connectivity index (χ3v) is 4.33. The topological polar surface area (TPSA) is 64.6 Å². The molecule has 3 rings (SSSR count). The van der Waals surface area contributed by atoms with Crippen molar-refractivity contribution in [3.63, 3.8) is 0 Å². The fourth-order valence-corrected chi connectivity index (χ4v) is 2.81. The normalized spacial score (nSPS) is 21.6. The van der Waals surface area contributed by atoms with Crippen molar-refractivity contribution >= 4 is 17.6 Å². The Morgan fingerprint density at radius 2 is 2.09 bits per heavy atom. The van der Waals surface area contributed by atoms with Gasteiger partial charge in [0.2, 0.25) is 5.91 Å². The SMILES string of the molecule is COC(=O)c1c(NC(=O)C(C)(C)C)c(F)cc2c1OCC1CC21. The number of fused-ring (bicyclic) bond motifs is 3. The Bertz CT molecular complexity index is 693. The first-order valence-corrected chi connectivity index (χ1v) is 7.63. The quantitative estimate of drug-likeness (QED) is 0.850. The number of carbonyl (C=O) groups is 2. The number of rotatable bonds is 2. The second-order valence-corrected chi connectivity index (χ2v) is 7.14. The largest absolute Gasteiger partial charge is 0.492 e. The van der Waals surface area contributed by atoms with Crippen LogP contribution in [0.1, 0.15) is 49.0 Å². The molecule has 1 aromatic carbocycles. The molecule has 2 unspecified atom stereocenters. The third kappa shape index (κ3) is 2.66. The van der Waals surface area contributed by atoms with Crippen molar-refractivity contribution in [1.29, 1.82) is 0 Å². The maximum atomic E-state index is 14.6. The van der Waals surface area contributed by atoms with Crippen LogP contribution in [0.2, 0.25) is 0 Å². The monoisotopic (exact) mass is 321 g/mol. The van der Waals surface area contributed by atoms with Gasteiger partial charge in [-0.25, -0.2) is 9.18 Å². The van der Waals surface area contributed by atoms with Gasteiger partial charge in [-0.15, -0.1) is 0 Å². The molecule has 124 valence electrons. The lowest BCUT2D eigenvalue weighted by molar-refractivity contribution is -0.123. The predicted octanol–water partition coefficient (Wildman–Crippen LogP) is 3.09. The summed E-state index contributed by atoms with van der Waals surface area (Å²) in [4.78, 5) is 24.4. The minimum Gasteiger partial charge on any atom is -0.492 e. The van der Waals surface area contributed by atoms with Gasteiger partial charge in [-0.1, -0.05) is 20.8 Å². The van der Waals surface area contributed by atoms with Gasteiger partial charge in [-0.3, -0.25) is 4.79 Å². The van der Waals surface area contributed by atoms with Gasteiger partial charge < -0.3 is 14.8 Å². The van der Waals surface area contributed by atoms with Crippen molar-refractivity contribution < 1.29 is 23.5 Å². The van der Waals surface area contributed by atoms with Crippen LogP contribution in [-0.2, 0) is 9.53 Å². The number of carbonyl (C=O) groups excluding carboxylic acids is 2.